The van der Waals surface area contributed by atoms with E-state index in [4.69, 9.17) is 0 Å². The molecule has 0 aliphatic carbocycles. The minimum absolute atomic E-state index is 0. The van der Waals surface area contributed by atoms with E-state index in [0.29, 0.717) is 5.69 Å². The molecule has 0 radical (unpaired) electrons. The summed E-state index contributed by atoms with van der Waals surface area (Å²) in [5.74, 6) is 0.678. The number of amides is 1. The fraction of sp³-hybridized carbons (Fsp3) is 0.688. The number of piperazine rings is 1. The molecule has 6 heteroatoms. The molecule has 6 nitrogen and oxygen atoms in total. The van der Waals surface area contributed by atoms with Gasteiger partial charge in [0.1, 0.15) is 0 Å². The zero-order valence-corrected chi connectivity index (χ0v) is 14.5. The van der Waals surface area contributed by atoms with E-state index in [1.807, 2.05) is 33.8 Å². The number of nitrogens with one attached hydrogen (secondary N) is 1. The molecule has 0 aromatic carbocycles. The zero-order chi connectivity index (χ0) is 16.5. The summed E-state index contributed by atoms with van der Waals surface area (Å²) >= 11 is 0. The average Bonchev–Trinajstić information content (AvgIpc) is 2.56. The summed E-state index contributed by atoms with van der Waals surface area (Å²) in [5, 5.41) is 11.0. The third-order valence-electron chi connectivity index (χ3n) is 3.45. The summed E-state index contributed by atoms with van der Waals surface area (Å²) in [5.41, 5.74) is 0.370. The lowest BCUT2D eigenvalue weighted by molar-refractivity contribution is 0.0937. The molecule has 22 heavy (non-hydrogen) atoms. The van der Waals surface area contributed by atoms with Crippen molar-refractivity contribution in [3.63, 3.8) is 0 Å². The first-order chi connectivity index (χ1) is 10.6. The number of anilines is 1. The topological polar surface area (TPSA) is 61.4 Å². The van der Waals surface area contributed by atoms with Gasteiger partial charge in [0.25, 0.3) is 5.91 Å². The first-order valence-electron chi connectivity index (χ1n) is 8.22. The Bertz CT molecular complexity index is 444. The van der Waals surface area contributed by atoms with Crippen molar-refractivity contribution in [2.24, 2.45) is 0 Å². The van der Waals surface area contributed by atoms with Gasteiger partial charge in [-0.15, -0.1) is 10.2 Å². The van der Waals surface area contributed by atoms with Crippen LogP contribution in [0.3, 0.4) is 0 Å². The lowest BCUT2D eigenvalue weighted by Crippen LogP contribution is -2.46. The van der Waals surface area contributed by atoms with E-state index in [1.165, 1.54) is 0 Å². The van der Waals surface area contributed by atoms with E-state index in [0.717, 1.165) is 38.5 Å². The van der Waals surface area contributed by atoms with Gasteiger partial charge in [-0.1, -0.05) is 20.8 Å². The van der Waals surface area contributed by atoms with Crippen LogP contribution in [0.25, 0.3) is 0 Å². The number of rotatable bonds is 4. The fourth-order valence-electron chi connectivity index (χ4n) is 2.24. The lowest BCUT2D eigenvalue weighted by atomic mass is 10.3. The summed E-state index contributed by atoms with van der Waals surface area (Å²) in [6.07, 6.45) is 0. The van der Waals surface area contributed by atoms with Crippen LogP contribution < -0.4 is 10.2 Å². The first-order valence-corrected chi connectivity index (χ1v) is 8.22. The monoisotopic (exact) mass is 309 g/mol. The Morgan fingerprint density at radius 3 is 2.32 bits per heavy atom. The summed E-state index contributed by atoms with van der Waals surface area (Å²) in [6.45, 7) is 15.1. The van der Waals surface area contributed by atoms with Crippen molar-refractivity contribution in [1.82, 2.24) is 20.4 Å². The van der Waals surface area contributed by atoms with E-state index in [2.05, 4.69) is 32.2 Å². The molecular weight excluding hydrogens is 278 g/mol. The Morgan fingerprint density at radius 1 is 1.23 bits per heavy atom. The molecule has 1 saturated heterocycles. The van der Waals surface area contributed by atoms with Gasteiger partial charge >= 0.3 is 0 Å². The molecule has 0 bridgehead atoms. The molecule has 1 N–H and O–H groups in total. The van der Waals surface area contributed by atoms with Crippen LogP contribution in [0.2, 0.25) is 0 Å². The quantitative estimate of drug-likeness (QED) is 0.922. The van der Waals surface area contributed by atoms with E-state index in [9.17, 15) is 4.79 Å². The Morgan fingerprint density at radius 2 is 1.86 bits per heavy atom. The van der Waals surface area contributed by atoms with Crippen molar-refractivity contribution in [3.05, 3.63) is 17.8 Å². The van der Waals surface area contributed by atoms with Gasteiger partial charge in [-0.05, 0) is 32.5 Å². The minimum Gasteiger partial charge on any atom is -0.353 e. The smallest absolute Gasteiger partial charge is 0.271 e. The molecule has 1 aromatic heterocycles. The largest absolute Gasteiger partial charge is 0.353 e. The molecular formula is C16H31N5O. The highest BCUT2D eigenvalue weighted by molar-refractivity contribution is 5.92. The number of carbonyl (C=O) groups excluding carboxylic acids is 1. The standard InChI is InChI=1S/C14H23N5O.C2H6.H2/c1-4-18-7-9-19(10-8-18)13-6-5-12(16-17-13)14(20)15-11(2)3;1-2;/h5-6,11H,4,7-10H2,1-3H3,(H,15,20);1-2H3;1H. The van der Waals surface area contributed by atoms with Gasteiger partial charge in [0, 0.05) is 33.6 Å². The predicted molar refractivity (Wildman–Crippen MR) is 92.4 cm³/mol. The van der Waals surface area contributed by atoms with Gasteiger partial charge in [0.15, 0.2) is 11.5 Å². The number of hydrogen-bond donors (Lipinski definition) is 1. The molecule has 1 amide bonds. The highest BCUT2D eigenvalue weighted by atomic mass is 16.2. The normalized spacial score (nSPS) is 15.3. The van der Waals surface area contributed by atoms with E-state index < -0.39 is 0 Å². The van der Waals surface area contributed by atoms with Gasteiger partial charge < -0.3 is 15.1 Å². The SMILES string of the molecule is CC.CCN1CCN(c2ccc(C(=O)NC(C)C)nn2)CC1.[HH]. The van der Waals surface area contributed by atoms with E-state index in [-0.39, 0.29) is 13.4 Å². The molecule has 126 valence electrons. The molecule has 1 aliphatic heterocycles. The third kappa shape index (κ3) is 5.26. The molecule has 0 unspecified atom stereocenters. The summed E-state index contributed by atoms with van der Waals surface area (Å²) in [6, 6.07) is 3.72. The van der Waals surface area contributed by atoms with Crippen LogP contribution in [0.15, 0.2) is 12.1 Å². The Kier molecular flexibility index (Phi) is 7.80. The second-order valence-electron chi connectivity index (χ2n) is 5.33. The van der Waals surface area contributed by atoms with Gasteiger partial charge in [0.2, 0.25) is 0 Å². The van der Waals surface area contributed by atoms with Crippen LogP contribution in [0.5, 0.6) is 0 Å². The lowest BCUT2D eigenvalue weighted by Gasteiger charge is -2.34. The van der Waals surface area contributed by atoms with Gasteiger partial charge in [0.05, 0.1) is 0 Å². The van der Waals surface area contributed by atoms with Crippen LogP contribution in [-0.2, 0) is 0 Å². The van der Waals surface area contributed by atoms with Crippen molar-refractivity contribution in [2.45, 2.75) is 40.7 Å². The van der Waals surface area contributed by atoms with Gasteiger partial charge in [-0.25, -0.2) is 0 Å². The molecule has 1 aliphatic rings. The van der Waals surface area contributed by atoms with Crippen LogP contribution in [0.4, 0.5) is 5.82 Å². The second kappa shape index (κ2) is 9.35. The van der Waals surface area contributed by atoms with Crippen molar-refractivity contribution in [3.8, 4) is 0 Å². The number of likely N-dealkylation sites (N-methyl/N-ethyl adjacent to an activating group) is 1. The molecule has 1 aromatic rings. The maximum atomic E-state index is 11.8. The van der Waals surface area contributed by atoms with Gasteiger partial charge in [-0.3, -0.25) is 4.79 Å². The van der Waals surface area contributed by atoms with Crippen molar-refractivity contribution < 1.29 is 6.22 Å². The molecule has 0 saturated carbocycles. The Hall–Kier alpha value is -1.69. The number of nitrogens with zero attached hydrogens (tertiary/aromatic N) is 4. The van der Waals surface area contributed by atoms with Crippen LogP contribution in [-0.4, -0.2) is 59.8 Å². The minimum atomic E-state index is -0.171. The predicted octanol–water partition coefficient (Wildman–Crippen LogP) is 2.03. The molecule has 2 heterocycles. The third-order valence-corrected chi connectivity index (χ3v) is 3.45. The van der Waals surface area contributed by atoms with Crippen LogP contribution >= 0.6 is 0 Å². The first kappa shape index (κ1) is 18.4. The highest BCUT2D eigenvalue weighted by Crippen LogP contribution is 2.12. The van der Waals surface area contributed by atoms with Gasteiger partial charge in [-0.2, -0.15) is 0 Å². The molecule has 1 fully saturated rings. The maximum absolute atomic E-state index is 11.8. The average molecular weight is 309 g/mol. The number of hydrogen-bond acceptors (Lipinski definition) is 5. The Labute approximate surface area is 135 Å². The van der Waals surface area contributed by atoms with E-state index in [1.54, 1.807) is 6.07 Å². The summed E-state index contributed by atoms with van der Waals surface area (Å²) < 4.78 is 0. The van der Waals surface area contributed by atoms with Crippen molar-refractivity contribution in [1.29, 1.82) is 0 Å². The molecule has 0 atom stereocenters. The fourth-order valence-corrected chi connectivity index (χ4v) is 2.24. The Balaban J connectivity index is 0.00000155. The number of carbonyl (C=O) groups is 1. The van der Waals surface area contributed by atoms with Crippen molar-refractivity contribution >= 4 is 11.7 Å². The molecule has 0 spiro atoms. The molecule has 2 rings (SSSR count). The van der Waals surface area contributed by atoms with Crippen LogP contribution in [0, 0.1) is 0 Å². The highest BCUT2D eigenvalue weighted by Gasteiger charge is 2.17. The number of aromatic nitrogens is 2. The zero-order valence-electron chi connectivity index (χ0n) is 14.5. The van der Waals surface area contributed by atoms with Crippen LogP contribution in [0.1, 0.15) is 46.5 Å². The maximum Gasteiger partial charge on any atom is 0.271 e. The van der Waals surface area contributed by atoms with Crippen molar-refractivity contribution in [2.75, 3.05) is 37.6 Å². The second-order valence-corrected chi connectivity index (χ2v) is 5.33. The summed E-state index contributed by atoms with van der Waals surface area (Å²) in [4.78, 5) is 16.4. The van der Waals surface area contributed by atoms with E-state index >= 15 is 0 Å². The summed E-state index contributed by atoms with van der Waals surface area (Å²) in [7, 11) is 0.